The lowest BCUT2D eigenvalue weighted by atomic mass is 10.1. The van der Waals surface area contributed by atoms with Crippen molar-refractivity contribution in [3.8, 4) is 17.1 Å². The molecule has 0 aliphatic carbocycles. The van der Waals surface area contributed by atoms with Gasteiger partial charge in [-0.25, -0.2) is 9.97 Å². The first kappa shape index (κ1) is 17.7. The van der Waals surface area contributed by atoms with Gasteiger partial charge in [0, 0.05) is 38.2 Å². The van der Waals surface area contributed by atoms with E-state index in [0.717, 1.165) is 12.8 Å². The number of ether oxygens (including phenoxy) is 3. The first-order valence-corrected chi connectivity index (χ1v) is 9.00. The molecular weight excluding hydrogens is 352 g/mol. The summed E-state index contributed by atoms with van der Waals surface area (Å²) in [5.74, 6) is 1.00. The lowest BCUT2D eigenvalue weighted by molar-refractivity contribution is 0.0237. The van der Waals surface area contributed by atoms with Gasteiger partial charge in [-0.15, -0.1) is 0 Å². The summed E-state index contributed by atoms with van der Waals surface area (Å²) in [5.41, 5.74) is 5.96. The van der Waals surface area contributed by atoms with Gasteiger partial charge >= 0.3 is 0 Å². The summed E-state index contributed by atoms with van der Waals surface area (Å²) < 4.78 is 16.8. The number of nitrogens with zero attached hydrogens (tertiary/aromatic N) is 4. The standard InChI is InChI=1S/C17H22N6O4/c18-16-19-10-12(15(24)22-16)13-9-14(27-11-1-5-25-6-2-11)21-17(20-13)23-3-7-26-8-4-23/h9-11H,1-8H2,(H3,18,19,22,24). The first-order chi connectivity index (χ1) is 13.2. The molecular formula is C17H22N6O4. The average molecular weight is 374 g/mol. The van der Waals surface area contributed by atoms with Crippen LogP contribution >= 0.6 is 0 Å². The second kappa shape index (κ2) is 7.89. The summed E-state index contributed by atoms with van der Waals surface area (Å²) in [6.45, 7) is 3.90. The largest absolute Gasteiger partial charge is 0.474 e. The van der Waals surface area contributed by atoms with E-state index in [1.807, 2.05) is 4.90 Å². The summed E-state index contributed by atoms with van der Waals surface area (Å²) >= 11 is 0. The highest BCUT2D eigenvalue weighted by atomic mass is 16.5. The van der Waals surface area contributed by atoms with Crippen LogP contribution in [0, 0.1) is 0 Å². The van der Waals surface area contributed by atoms with E-state index in [1.165, 1.54) is 6.20 Å². The van der Waals surface area contributed by atoms with Crippen molar-refractivity contribution in [2.24, 2.45) is 0 Å². The van der Waals surface area contributed by atoms with Crippen molar-refractivity contribution in [2.75, 3.05) is 50.2 Å². The van der Waals surface area contributed by atoms with Crippen molar-refractivity contribution in [3.05, 3.63) is 22.6 Å². The SMILES string of the molecule is Nc1ncc(-c2cc(OC3CCOCC3)nc(N3CCOCC3)n2)c(=O)[nH]1. The number of nitrogens with one attached hydrogen (secondary N) is 1. The molecule has 2 fully saturated rings. The molecule has 2 aliphatic rings. The molecule has 2 aliphatic heterocycles. The number of anilines is 2. The fourth-order valence-electron chi connectivity index (χ4n) is 3.07. The Kier molecular flexibility index (Phi) is 5.16. The minimum atomic E-state index is -0.355. The van der Waals surface area contributed by atoms with Crippen LogP contribution in [0.15, 0.2) is 17.1 Å². The minimum Gasteiger partial charge on any atom is -0.474 e. The minimum absolute atomic E-state index is 0.0295. The van der Waals surface area contributed by atoms with E-state index in [1.54, 1.807) is 6.07 Å². The first-order valence-electron chi connectivity index (χ1n) is 9.00. The van der Waals surface area contributed by atoms with E-state index in [2.05, 4.69) is 19.9 Å². The summed E-state index contributed by atoms with van der Waals surface area (Å²) in [5, 5.41) is 0. The molecule has 4 rings (SSSR count). The number of H-pyrrole nitrogens is 1. The van der Waals surface area contributed by atoms with Crippen LogP contribution in [-0.2, 0) is 9.47 Å². The lowest BCUT2D eigenvalue weighted by Gasteiger charge is -2.28. The fraction of sp³-hybridized carbons (Fsp3) is 0.529. The lowest BCUT2D eigenvalue weighted by Crippen LogP contribution is -2.37. The Balaban J connectivity index is 1.70. The predicted octanol–water partition coefficient (Wildman–Crippen LogP) is 0.203. The quantitative estimate of drug-likeness (QED) is 0.771. The van der Waals surface area contributed by atoms with E-state index in [-0.39, 0.29) is 17.6 Å². The molecule has 0 spiro atoms. The second-order valence-electron chi connectivity index (χ2n) is 6.43. The van der Waals surface area contributed by atoms with Crippen molar-refractivity contribution in [1.29, 1.82) is 0 Å². The van der Waals surface area contributed by atoms with Gasteiger partial charge in [0.2, 0.25) is 11.8 Å². The van der Waals surface area contributed by atoms with Crippen molar-refractivity contribution in [3.63, 3.8) is 0 Å². The second-order valence-corrected chi connectivity index (χ2v) is 6.43. The number of nitrogens with two attached hydrogens (primary N) is 1. The van der Waals surface area contributed by atoms with Gasteiger partial charge in [0.25, 0.3) is 5.56 Å². The molecule has 0 radical (unpaired) electrons. The number of rotatable bonds is 4. The van der Waals surface area contributed by atoms with E-state index < -0.39 is 0 Å². The Morgan fingerprint density at radius 1 is 1.15 bits per heavy atom. The number of aromatic nitrogens is 4. The molecule has 4 heterocycles. The number of nitrogen functional groups attached to an aromatic ring is 1. The van der Waals surface area contributed by atoms with Crippen LogP contribution in [0.4, 0.5) is 11.9 Å². The zero-order valence-corrected chi connectivity index (χ0v) is 14.9. The molecule has 0 saturated carbocycles. The molecule has 0 unspecified atom stereocenters. The Labute approximate surface area is 155 Å². The van der Waals surface area contributed by atoms with Gasteiger partial charge in [0.1, 0.15) is 6.10 Å². The maximum atomic E-state index is 12.3. The molecule has 10 heteroatoms. The molecule has 3 N–H and O–H groups in total. The highest BCUT2D eigenvalue weighted by molar-refractivity contribution is 5.60. The van der Waals surface area contributed by atoms with Crippen molar-refractivity contribution in [1.82, 2.24) is 19.9 Å². The molecule has 10 nitrogen and oxygen atoms in total. The highest BCUT2D eigenvalue weighted by Crippen LogP contribution is 2.24. The Hall–Kier alpha value is -2.72. The molecule has 0 aromatic carbocycles. The number of morpholine rings is 1. The Bertz CT molecular complexity index is 846. The van der Waals surface area contributed by atoms with Crippen LogP contribution in [-0.4, -0.2) is 65.6 Å². The van der Waals surface area contributed by atoms with Gasteiger partial charge in [0.15, 0.2) is 5.95 Å². The van der Waals surface area contributed by atoms with Crippen LogP contribution in [0.3, 0.4) is 0 Å². The van der Waals surface area contributed by atoms with Crippen LogP contribution in [0.5, 0.6) is 5.88 Å². The van der Waals surface area contributed by atoms with Crippen LogP contribution < -0.4 is 20.9 Å². The van der Waals surface area contributed by atoms with Crippen LogP contribution in [0.1, 0.15) is 12.8 Å². The van der Waals surface area contributed by atoms with Crippen molar-refractivity contribution in [2.45, 2.75) is 18.9 Å². The Morgan fingerprint density at radius 3 is 2.63 bits per heavy atom. The smallest absolute Gasteiger partial charge is 0.261 e. The summed E-state index contributed by atoms with van der Waals surface area (Å²) in [4.78, 5) is 29.9. The monoisotopic (exact) mass is 374 g/mol. The van der Waals surface area contributed by atoms with E-state index in [0.29, 0.717) is 62.6 Å². The van der Waals surface area contributed by atoms with Crippen molar-refractivity contribution >= 4 is 11.9 Å². The molecule has 0 atom stereocenters. The third-order valence-corrected chi connectivity index (χ3v) is 4.54. The van der Waals surface area contributed by atoms with E-state index >= 15 is 0 Å². The van der Waals surface area contributed by atoms with E-state index in [9.17, 15) is 4.79 Å². The number of aromatic amines is 1. The summed E-state index contributed by atoms with van der Waals surface area (Å²) in [7, 11) is 0. The maximum Gasteiger partial charge on any atom is 0.261 e. The van der Waals surface area contributed by atoms with Gasteiger partial charge in [-0.3, -0.25) is 9.78 Å². The van der Waals surface area contributed by atoms with Gasteiger partial charge in [-0.2, -0.15) is 4.98 Å². The number of hydrogen-bond donors (Lipinski definition) is 2. The number of hydrogen-bond acceptors (Lipinski definition) is 9. The fourth-order valence-corrected chi connectivity index (χ4v) is 3.07. The van der Waals surface area contributed by atoms with Crippen LogP contribution in [0.2, 0.25) is 0 Å². The topological polar surface area (TPSA) is 128 Å². The van der Waals surface area contributed by atoms with E-state index in [4.69, 9.17) is 19.9 Å². The summed E-state index contributed by atoms with van der Waals surface area (Å²) in [6, 6.07) is 1.67. The third kappa shape index (κ3) is 4.17. The van der Waals surface area contributed by atoms with Gasteiger partial charge in [-0.05, 0) is 0 Å². The predicted molar refractivity (Wildman–Crippen MR) is 97.8 cm³/mol. The molecule has 2 aromatic heterocycles. The summed E-state index contributed by atoms with van der Waals surface area (Å²) in [6.07, 6.45) is 3.05. The molecule has 0 bridgehead atoms. The maximum absolute atomic E-state index is 12.3. The Morgan fingerprint density at radius 2 is 1.89 bits per heavy atom. The van der Waals surface area contributed by atoms with Crippen LogP contribution in [0.25, 0.3) is 11.3 Å². The third-order valence-electron chi connectivity index (χ3n) is 4.54. The molecule has 0 amide bonds. The van der Waals surface area contributed by atoms with Gasteiger partial charge in [-0.1, -0.05) is 0 Å². The average Bonchev–Trinajstić information content (AvgIpc) is 2.69. The normalized spacial score (nSPS) is 18.4. The molecule has 2 aromatic rings. The molecule has 144 valence electrons. The zero-order chi connectivity index (χ0) is 18.6. The zero-order valence-electron chi connectivity index (χ0n) is 14.9. The van der Waals surface area contributed by atoms with Gasteiger partial charge in [0.05, 0.1) is 37.7 Å². The highest BCUT2D eigenvalue weighted by Gasteiger charge is 2.21. The molecule has 27 heavy (non-hydrogen) atoms. The molecule has 2 saturated heterocycles. The van der Waals surface area contributed by atoms with Gasteiger partial charge < -0.3 is 24.8 Å². The van der Waals surface area contributed by atoms with Crippen molar-refractivity contribution < 1.29 is 14.2 Å².